The van der Waals surface area contributed by atoms with Crippen LogP contribution in [0.2, 0.25) is 0 Å². The van der Waals surface area contributed by atoms with Crippen molar-refractivity contribution in [1.82, 2.24) is 10.6 Å². The number of carboxylic acids is 1. The van der Waals surface area contributed by atoms with E-state index in [-0.39, 0.29) is 12.2 Å². The normalized spacial score (nSPS) is 12.0. The first-order valence-corrected chi connectivity index (χ1v) is 7.12. The molecule has 0 saturated heterocycles. The molecule has 3 amide bonds. The molecule has 5 N–H and O–H groups in total. The van der Waals surface area contributed by atoms with Gasteiger partial charge in [0.2, 0.25) is 5.91 Å². The Labute approximate surface area is 116 Å². The van der Waals surface area contributed by atoms with Crippen LogP contribution in [0.5, 0.6) is 0 Å². The first-order valence-electron chi connectivity index (χ1n) is 5.96. The SMILES string of the molecule is CC(C)CNC(=O)NC(=O)CSCCC(N)C(=O)O. The van der Waals surface area contributed by atoms with E-state index >= 15 is 0 Å². The van der Waals surface area contributed by atoms with Crippen molar-refractivity contribution in [1.29, 1.82) is 0 Å². The summed E-state index contributed by atoms with van der Waals surface area (Å²) >= 11 is 1.24. The Balaban J connectivity index is 3.64. The number of carbonyl (C=O) groups is 3. The predicted molar refractivity (Wildman–Crippen MR) is 73.9 cm³/mol. The van der Waals surface area contributed by atoms with Crippen LogP contribution >= 0.6 is 11.8 Å². The fraction of sp³-hybridized carbons (Fsp3) is 0.727. The minimum atomic E-state index is -1.06. The first-order chi connectivity index (χ1) is 8.82. The van der Waals surface area contributed by atoms with Gasteiger partial charge in [0.05, 0.1) is 5.75 Å². The Morgan fingerprint density at radius 1 is 1.32 bits per heavy atom. The lowest BCUT2D eigenvalue weighted by molar-refractivity contribution is -0.138. The van der Waals surface area contributed by atoms with E-state index in [1.54, 1.807) is 0 Å². The zero-order chi connectivity index (χ0) is 14.8. The smallest absolute Gasteiger partial charge is 0.321 e. The highest BCUT2D eigenvalue weighted by atomic mass is 32.2. The van der Waals surface area contributed by atoms with E-state index < -0.39 is 23.9 Å². The lowest BCUT2D eigenvalue weighted by Crippen LogP contribution is -2.41. The molecule has 0 aromatic carbocycles. The van der Waals surface area contributed by atoms with Gasteiger partial charge in [0.1, 0.15) is 6.04 Å². The van der Waals surface area contributed by atoms with Crippen LogP contribution in [0.4, 0.5) is 4.79 Å². The third kappa shape index (κ3) is 10.3. The molecule has 0 bridgehead atoms. The molecule has 0 aliphatic heterocycles. The fourth-order valence-corrected chi connectivity index (χ4v) is 1.82. The molecule has 7 nitrogen and oxygen atoms in total. The van der Waals surface area contributed by atoms with Gasteiger partial charge in [-0.05, 0) is 18.1 Å². The van der Waals surface area contributed by atoms with Gasteiger partial charge in [0, 0.05) is 6.54 Å². The molecule has 1 atom stereocenters. The molecule has 0 fully saturated rings. The number of nitrogens with one attached hydrogen (secondary N) is 2. The zero-order valence-electron chi connectivity index (χ0n) is 11.1. The van der Waals surface area contributed by atoms with Crippen molar-refractivity contribution in [3.05, 3.63) is 0 Å². The van der Waals surface area contributed by atoms with Crippen molar-refractivity contribution < 1.29 is 19.5 Å². The van der Waals surface area contributed by atoms with E-state index in [2.05, 4.69) is 10.6 Å². The summed E-state index contributed by atoms with van der Waals surface area (Å²) < 4.78 is 0. The number of hydrogen-bond acceptors (Lipinski definition) is 5. The average molecular weight is 291 g/mol. The highest BCUT2D eigenvalue weighted by molar-refractivity contribution is 7.99. The standard InChI is InChI=1S/C11H21N3O4S/c1-7(2)5-13-11(18)14-9(15)6-19-4-3-8(12)10(16)17/h7-8H,3-6,12H2,1-2H3,(H,16,17)(H2,13,14,15,18). The van der Waals surface area contributed by atoms with Gasteiger partial charge in [-0.3, -0.25) is 14.9 Å². The molecule has 0 aliphatic rings. The monoisotopic (exact) mass is 291 g/mol. The van der Waals surface area contributed by atoms with Crippen molar-refractivity contribution in [3.8, 4) is 0 Å². The Bertz CT molecular complexity index is 323. The fourth-order valence-electron chi connectivity index (χ4n) is 1.00. The van der Waals surface area contributed by atoms with Crippen molar-refractivity contribution in [3.63, 3.8) is 0 Å². The summed E-state index contributed by atoms with van der Waals surface area (Å²) in [4.78, 5) is 33.0. The van der Waals surface area contributed by atoms with Gasteiger partial charge in [0.15, 0.2) is 0 Å². The zero-order valence-corrected chi connectivity index (χ0v) is 12.0. The molecule has 0 aromatic heterocycles. The maximum absolute atomic E-state index is 11.3. The molecule has 0 saturated carbocycles. The summed E-state index contributed by atoms with van der Waals surface area (Å²) in [7, 11) is 0. The molecule has 1 unspecified atom stereocenters. The summed E-state index contributed by atoms with van der Waals surface area (Å²) in [6.45, 7) is 4.40. The van der Waals surface area contributed by atoms with Gasteiger partial charge >= 0.3 is 12.0 Å². The topological polar surface area (TPSA) is 122 Å². The van der Waals surface area contributed by atoms with E-state index in [4.69, 9.17) is 10.8 Å². The largest absolute Gasteiger partial charge is 0.480 e. The lowest BCUT2D eigenvalue weighted by atomic mass is 10.2. The van der Waals surface area contributed by atoms with Gasteiger partial charge in [-0.15, -0.1) is 0 Å². The van der Waals surface area contributed by atoms with E-state index in [0.717, 1.165) is 0 Å². The van der Waals surface area contributed by atoms with Crippen molar-refractivity contribution >= 4 is 29.7 Å². The molecule has 0 radical (unpaired) electrons. The summed E-state index contributed by atoms with van der Waals surface area (Å²) in [6.07, 6.45) is 0.285. The highest BCUT2D eigenvalue weighted by Crippen LogP contribution is 2.03. The van der Waals surface area contributed by atoms with E-state index in [1.807, 2.05) is 13.8 Å². The van der Waals surface area contributed by atoms with Crippen LogP contribution in [0.3, 0.4) is 0 Å². The first kappa shape index (κ1) is 17.7. The number of imide groups is 1. The summed E-state index contributed by atoms with van der Waals surface area (Å²) in [5, 5.41) is 13.3. The van der Waals surface area contributed by atoms with Gasteiger partial charge < -0.3 is 16.2 Å². The maximum Gasteiger partial charge on any atom is 0.321 e. The molecule has 0 aliphatic carbocycles. The molecule has 110 valence electrons. The number of urea groups is 1. The number of aliphatic carboxylic acids is 1. The number of amides is 3. The third-order valence-corrected chi connectivity index (χ3v) is 3.04. The minimum absolute atomic E-state index is 0.0986. The number of rotatable bonds is 8. The maximum atomic E-state index is 11.3. The minimum Gasteiger partial charge on any atom is -0.480 e. The molecule has 8 heteroatoms. The van der Waals surface area contributed by atoms with Gasteiger partial charge in [-0.2, -0.15) is 11.8 Å². The number of carboxylic acid groups (broad SMARTS) is 1. The molecule has 0 rings (SSSR count). The molecular formula is C11H21N3O4S. The second-order valence-electron chi connectivity index (χ2n) is 4.44. The van der Waals surface area contributed by atoms with Crippen molar-refractivity contribution in [2.75, 3.05) is 18.1 Å². The summed E-state index contributed by atoms with van der Waals surface area (Å²) in [5.41, 5.74) is 5.30. The van der Waals surface area contributed by atoms with Crippen LogP contribution in [-0.2, 0) is 9.59 Å². The summed E-state index contributed by atoms with van der Waals surface area (Å²) in [6, 6.07) is -1.42. The number of nitrogens with two attached hydrogens (primary N) is 1. The van der Waals surface area contributed by atoms with Crippen LogP contribution in [0.25, 0.3) is 0 Å². The Kier molecular flexibility index (Phi) is 8.98. The Morgan fingerprint density at radius 3 is 2.47 bits per heavy atom. The van der Waals surface area contributed by atoms with Crippen LogP contribution in [-0.4, -0.2) is 47.1 Å². The van der Waals surface area contributed by atoms with Crippen LogP contribution in [0.1, 0.15) is 20.3 Å². The predicted octanol–water partition coefficient (Wildman–Crippen LogP) is 0.00340. The van der Waals surface area contributed by atoms with E-state index in [0.29, 0.717) is 18.2 Å². The van der Waals surface area contributed by atoms with Crippen molar-refractivity contribution in [2.24, 2.45) is 11.7 Å². The van der Waals surface area contributed by atoms with Gasteiger partial charge in [-0.25, -0.2) is 4.79 Å². The molecule has 0 aromatic rings. The summed E-state index contributed by atoms with van der Waals surface area (Å²) in [5.74, 6) is -0.600. The molecular weight excluding hydrogens is 270 g/mol. The highest BCUT2D eigenvalue weighted by Gasteiger charge is 2.12. The molecule has 0 heterocycles. The van der Waals surface area contributed by atoms with Gasteiger partial charge in [-0.1, -0.05) is 13.8 Å². The Hall–Kier alpha value is -1.28. The van der Waals surface area contributed by atoms with Crippen LogP contribution in [0, 0.1) is 5.92 Å². The second kappa shape index (κ2) is 9.62. The second-order valence-corrected chi connectivity index (χ2v) is 5.54. The van der Waals surface area contributed by atoms with Crippen molar-refractivity contribution in [2.45, 2.75) is 26.3 Å². The van der Waals surface area contributed by atoms with Gasteiger partial charge in [0.25, 0.3) is 0 Å². The molecule has 19 heavy (non-hydrogen) atoms. The van der Waals surface area contributed by atoms with Crippen LogP contribution < -0.4 is 16.4 Å². The quantitative estimate of drug-likeness (QED) is 0.467. The van der Waals surface area contributed by atoms with Crippen LogP contribution in [0.15, 0.2) is 0 Å². The number of hydrogen-bond donors (Lipinski definition) is 4. The Morgan fingerprint density at radius 2 is 1.95 bits per heavy atom. The third-order valence-electron chi connectivity index (χ3n) is 2.05. The van der Waals surface area contributed by atoms with E-state index in [1.165, 1.54) is 11.8 Å². The van der Waals surface area contributed by atoms with E-state index in [9.17, 15) is 14.4 Å². The lowest BCUT2D eigenvalue weighted by Gasteiger charge is -2.09. The number of carbonyl (C=O) groups excluding carboxylic acids is 2. The molecule has 0 spiro atoms. The number of thioether (sulfide) groups is 1. The average Bonchev–Trinajstić information content (AvgIpc) is 2.31.